The normalized spacial score (nSPS) is 10.8. The van der Waals surface area contributed by atoms with Crippen molar-refractivity contribution in [1.29, 1.82) is 0 Å². The van der Waals surface area contributed by atoms with Gasteiger partial charge in [-0.1, -0.05) is 82.9 Å². The molecule has 5 nitrogen and oxygen atoms in total. The highest BCUT2D eigenvalue weighted by atomic mass is 32.1. The molecule has 0 bridgehead atoms. The SMILES string of the molecule is CCCCCCCCCCCCNC(=S)N(CCCn1ccnc1)Cc1ccccc1OC. The number of methoxy groups -OCH3 is 1. The summed E-state index contributed by atoms with van der Waals surface area (Å²) in [6.45, 7) is 5.79. The van der Waals surface area contributed by atoms with Gasteiger partial charge in [0.15, 0.2) is 5.11 Å². The maximum atomic E-state index is 5.79. The van der Waals surface area contributed by atoms with E-state index < -0.39 is 0 Å². The first kappa shape index (κ1) is 27.2. The van der Waals surface area contributed by atoms with Crippen molar-refractivity contribution in [3.05, 3.63) is 48.5 Å². The quantitative estimate of drug-likeness (QED) is 0.196. The highest BCUT2D eigenvalue weighted by Crippen LogP contribution is 2.19. The van der Waals surface area contributed by atoms with Crippen LogP contribution in [0.2, 0.25) is 0 Å². The summed E-state index contributed by atoms with van der Waals surface area (Å²) in [7, 11) is 1.73. The van der Waals surface area contributed by atoms with E-state index >= 15 is 0 Å². The van der Waals surface area contributed by atoms with Crippen molar-refractivity contribution in [1.82, 2.24) is 19.8 Å². The summed E-state index contributed by atoms with van der Waals surface area (Å²) < 4.78 is 7.67. The van der Waals surface area contributed by atoms with E-state index in [9.17, 15) is 0 Å². The molecule has 1 aromatic carbocycles. The Morgan fingerprint density at radius 2 is 1.70 bits per heavy atom. The molecule has 184 valence electrons. The largest absolute Gasteiger partial charge is 0.496 e. The van der Waals surface area contributed by atoms with Gasteiger partial charge in [0.05, 0.1) is 13.4 Å². The number of aromatic nitrogens is 2. The number of benzene rings is 1. The van der Waals surface area contributed by atoms with Crippen LogP contribution in [0.1, 0.15) is 83.1 Å². The molecular weight excluding hydrogens is 428 g/mol. The molecular formula is C27H44N4OS. The van der Waals surface area contributed by atoms with Crippen molar-refractivity contribution in [2.75, 3.05) is 20.2 Å². The van der Waals surface area contributed by atoms with Crippen LogP contribution in [-0.2, 0) is 13.1 Å². The Morgan fingerprint density at radius 3 is 2.36 bits per heavy atom. The molecule has 1 aromatic heterocycles. The van der Waals surface area contributed by atoms with Gasteiger partial charge in [-0.15, -0.1) is 0 Å². The second kappa shape index (κ2) is 17.4. The fraction of sp³-hybridized carbons (Fsp3) is 0.630. The molecule has 0 unspecified atom stereocenters. The van der Waals surface area contributed by atoms with Crippen molar-refractivity contribution >= 4 is 17.3 Å². The standard InChI is InChI=1S/C27H44N4OS/c1-3-4-5-6-7-8-9-10-11-14-18-29-27(33)31(21-15-20-30-22-19-28-24-30)23-25-16-12-13-17-26(25)32-2/h12-13,16-17,19,22,24H,3-11,14-15,18,20-21,23H2,1-2H3,(H,29,33). The molecule has 0 fully saturated rings. The number of nitrogens with zero attached hydrogens (tertiary/aromatic N) is 3. The van der Waals surface area contributed by atoms with Crippen LogP contribution in [0.15, 0.2) is 43.0 Å². The van der Waals surface area contributed by atoms with Gasteiger partial charge in [-0.05, 0) is 31.1 Å². The number of aryl methyl sites for hydroxylation is 1. The highest BCUT2D eigenvalue weighted by molar-refractivity contribution is 7.80. The maximum absolute atomic E-state index is 5.79. The molecule has 1 heterocycles. The summed E-state index contributed by atoms with van der Waals surface area (Å²) in [5.74, 6) is 0.912. The second-order valence-corrected chi connectivity index (χ2v) is 9.19. The lowest BCUT2D eigenvalue weighted by Crippen LogP contribution is -2.40. The lowest BCUT2D eigenvalue weighted by Gasteiger charge is -2.27. The van der Waals surface area contributed by atoms with Gasteiger partial charge in [0.1, 0.15) is 5.75 Å². The molecule has 0 aliphatic rings. The number of thiocarbonyl (C=S) groups is 1. The first-order chi connectivity index (χ1) is 16.2. The molecule has 0 aliphatic carbocycles. The van der Waals surface area contributed by atoms with E-state index in [4.69, 9.17) is 17.0 Å². The minimum absolute atomic E-state index is 0.748. The Labute approximate surface area is 206 Å². The van der Waals surface area contributed by atoms with Gasteiger partial charge in [0, 0.05) is 44.1 Å². The van der Waals surface area contributed by atoms with Crippen LogP contribution in [0.4, 0.5) is 0 Å². The zero-order chi connectivity index (χ0) is 23.6. The monoisotopic (exact) mass is 472 g/mol. The highest BCUT2D eigenvalue weighted by Gasteiger charge is 2.13. The molecule has 6 heteroatoms. The van der Waals surface area contributed by atoms with Crippen molar-refractivity contribution in [3.63, 3.8) is 0 Å². The van der Waals surface area contributed by atoms with Crippen LogP contribution < -0.4 is 10.1 Å². The summed E-state index contributed by atoms with van der Waals surface area (Å²) in [6, 6.07) is 8.20. The summed E-state index contributed by atoms with van der Waals surface area (Å²) in [5, 5.41) is 4.34. The molecule has 2 rings (SSSR count). The average Bonchev–Trinajstić information content (AvgIpc) is 3.35. The van der Waals surface area contributed by atoms with E-state index in [1.54, 1.807) is 7.11 Å². The van der Waals surface area contributed by atoms with Crippen molar-refractivity contribution in [2.45, 2.75) is 90.6 Å². The van der Waals surface area contributed by atoms with Gasteiger partial charge in [-0.25, -0.2) is 4.98 Å². The topological polar surface area (TPSA) is 42.3 Å². The summed E-state index contributed by atoms with van der Waals surface area (Å²) in [6.07, 6.45) is 20.2. The van der Waals surface area contributed by atoms with E-state index in [1.165, 1.54) is 64.2 Å². The maximum Gasteiger partial charge on any atom is 0.169 e. The van der Waals surface area contributed by atoms with Crippen LogP contribution in [-0.4, -0.2) is 39.8 Å². The summed E-state index contributed by atoms with van der Waals surface area (Å²) >= 11 is 5.79. The molecule has 0 aliphatic heterocycles. The van der Waals surface area contributed by atoms with E-state index in [0.29, 0.717) is 0 Å². The molecule has 0 saturated heterocycles. The number of ether oxygens (including phenoxy) is 1. The number of hydrogen-bond acceptors (Lipinski definition) is 3. The summed E-state index contributed by atoms with van der Waals surface area (Å²) in [5.41, 5.74) is 1.16. The fourth-order valence-corrected chi connectivity index (χ4v) is 4.33. The first-order valence-electron chi connectivity index (χ1n) is 12.8. The van der Waals surface area contributed by atoms with Crippen molar-refractivity contribution < 1.29 is 4.74 Å². The van der Waals surface area contributed by atoms with E-state index in [0.717, 1.165) is 49.0 Å². The Bertz CT molecular complexity index is 750. The molecule has 0 spiro atoms. The lowest BCUT2D eigenvalue weighted by atomic mass is 10.1. The zero-order valence-electron chi connectivity index (χ0n) is 20.8. The van der Waals surface area contributed by atoms with Crippen LogP contribution in [0.5, 0.6) is 5.75 Å². The van der Waals surface area contributed by atoms with Gasteiger partial charge < -0.3 is 19.5 Å². The van der Waals surface area contributed by atoms with Gasteiger partial charge in [0.2, 0.25) is 0 Å². The molecule has 0 atom stereocenters. The van der Waals surface area contributed by atoms with E-state index in [1.807, 2.05) is 30.9 Å². The minimum atomic E-state index is 0.748. The molecule has 1 N–H and O–H groups in total. The number of para-hydroxylation sites is 1. The smallest absolute Gasteiger partial charge is 0.169 e. The van der Waals surface area contributed by atoms with Crippen LogP contribution in [0.25, 0.3) is 0 Å². The van der Waals surface area contributed by atoms with Gasteiger partial charge in [-0.2, -0.15) is 0 Å². The molecule has 0 saturated carbocycles. The van der Waals surface area contributed by atoms with E-state index in [2.05, 4.69) is 38.8 Å². The molecule has 2 aromatic rings. The first-order valence-corrected chi connectivity index (χ1v) is 13.3. The lowest BCUT2D eigenvalue weighted by molar-refractivity contribution is 0.364. The fourth-order valence-electron chi connectivity index (χ4n) is 4.07. The number of imidazole rings is 1. The van der Waals surface area contributed by atoms with E-state index in [-0.39, 0.29) is 0 Å². The molecule has 33 heavy (non-hydrogen) atoms. The third-order valence-corrected chi connectivity index (χ3v) is 6.45. The number of hydrogen-bond donors (Lipinski definition) is 1. The summed E-state index contributed by atoms with van der Waals surface area (Å²) in [4.78, 5) is 6.40. The number of nitrogens with one attached hydrogen (secondary N) is 1. The third kappa shape index (κ3) is 11.6. The average molecular weight is 473 g/mol. The van der Waals surface area contributed by atoms with Crippen molar-refractivity contribution in [2.24, 2.45) is 0 Å². The van der Waals surface area contributed by atoms with Crippen molar-refractivity contribution in [3.8, 4) is 5.75 Å². The number of rotatable bonds is 18. The minimum Gasteiger partial charge on any atom is -0.496 e. The Morgan fingerprint density at radius 1 is 1.00 bits per heavy atom. The van der Waals surface area contributed by atoms with Crippen LogP contribution >= 0.6 is 12.2 Å². The zero-order valence-corrected chi connectivity index (χ0v) is 21.6. The van der Waals surface area contributed by atoms with Crippen LogP contribution in [0, 0.1) is 0 Å². The van der Waals surface area contributed by atoms with Gasteiger partial charge >= 0.3 is 0 Å². The molecule has 0 amide bonds. The van der Waals surface area contributed by atoms with Crippen LogP contribution in [0.3, 0.4) is 0 Å². The second-order valence-electron chi connectivity index (χ2n) is 8.80. The Hall–Kier alpha value is -2.08. The predicted molar refractivity (Wildman–Crippen MR) is 143 cm³/mol. The van der Waals surface area contributed by atoms with Gasteiger partial charge in [-0.3, -0.25) is 0 Å². The molecule has 0 radical (unpaired) electrons. The Kier molecular flexibility index (Phi) is 14.3. The predicted octanol–water partition coefficient (Wildman–Crippen LogP) is 6.58. The third-order valence-electron chi connectivity index (χ3n) is 6.05. The Balaban J connectivity index is 1.71. The number of unbranched alkanes of at least 4 members (excludes halogenated alkanes) is 9. The van der Waals surface area contributed by atoms with Gasteiger partial charge in [0.25, 0.3) is 0 Å².